The van der Waals surface area contributed by atoms with E-state index in [4.69, 9.17) is 4.74 Å². The zero-order valence-corrected chi connectivity index (χ0v) is 17.4. The molecule has 0 unspecified atom stereocenters. The second-order valence-electron chi connectivity index (χ2n) is 7.20. The first-order valence-corrected chi connectivity index (χ1v) is 10.2. The number of carbonyl (C=O) groups is 1. The molecule has 0 aliphatic rings. The monoisotopic (exact) mass is 425 g/mol. The van der Waals surface area contributed by atoms with Gasteiger partial charge in [0.15, 0.2) is 0 Å². The molecule has 0 aliphatic carbocycles. The Labute approximate surface area is 186 Å². The number of hydrogen-bond acceptors (Lipinski definition) is 4. The predicted molar refractivity (Wildman–Crippen MR) is 124 cm³/mol. The molecule has 160 valence electrons. The van der Waals surface area contributed by atoms with Crippen LogP contribution in [0, 0.1) is 0 Å². The van der Waals surface area contributed by atoms with Gasteiger partial charge in [-0.2, -0.15) is 0 Å². The summed E-state index contributed by atoms with van der Waals surface area (Å²) in [4.78, 5) is 16.1. The molecule has 0 spiro atoms. The molecular formula is C26H23N3O3. The lowest BCUT2D eigenvalue weighted by Crippen LogP contribution is -2.28. The maximum Gasteiger partial charge on any atom is 0.319 e. The summed E-state index contributed by atoms with van der Waals surface area (Å²) in [7, 11) is 0. The summed E-state index contributed by atoms with van der Waals surface area (Å²) in [5, 5.41) is 15.1. The van der Waals surface area contributed by atoms with Gasteiger partial charge in [-0.3, -0.25) is 4.98 Å². The number of pyridine rings is 1. The van der Waals surface area contributed by atoms with E-state index in [0.717, 1.165) is 28.0 Å². The Kier molecular flexibility index (Phi) is 6.63. The molecule has 0 saturated carbocycles. The van der Waals surface area contributed by atoms with Crippen LogP contribution in [0.4, 0.5) is 10.5 Å². The summed E-state index contributed by atoms with van der Waals surface area (Å²) < 4.78 is 6.05. The molecule has 6 heteroatoms. The van der Waals surface area contributed by atoms with Crippen molar-refractivity contribution in [2.24, 2.45) is 0 Å². The Morgan fingerprint density at radius 3 is 2.41 bits per heavy atom. The van der Waals surface area contributed by atoms with E-state index in [9.17, 15) is 9.90 Å². The van der Waals surface area contributed by atoms with E-state index in [1.165, 1.54) is 0 Å². The first kappa shape index (κ1) is 20.9. The molecule has 4 rings (SSSR count). The van der Waals surface area contributed by atoms with Gasteiger partial charge in [-0.15, -0.1) is 0 Å². The fourth-order valence-corrected chi connectivity index (χ4v) is 3.18. The second-order valence-corrected chi connectivity index (χ2v) is 7.20. The van der Waals surface area contributed by atoms with Crippen molar-refractivity contribution in [1.29, 1.82) is 0 Å². The highest BCUT2D eigenvalue weighted by molar-refractivity contribution is 5.89. The number of hydrogen-bond donors (Lipinski definition) is 3. The van der Waals surface area contributed by atoms with Gasteiger partial charge in [-0.25, -0.2) is 4.79 Å². The van der Waals surface area contributed by atoms with Gasteiger partial charge in [0.25, 0.3) is 0 Å². The summed E-state index contributed by atoms with van der Waals surface area (Å²) in [5.74, 6) is 0.988. The summed E-state index contributed by atoms with van der Waals surface area (Å²) in [6.45, 7) is 0.800. The van der Waals surface area contributed by atoms with Crippen molar-refractivity contribution in [2.75, 3.05) is 5.32 Å². The Bertz CT molecular complexity index is 1160. The molecule has 0 radical (unpaired) electrons. The Morgan fingerprint density at radius 1 is 0.875 bits per heavy atom. The van der Waals surface area contributed by atoms with Crippen molar-refractivity contribution in [1.82, 2.24) is 10.3 Å². The maximum absolute atomic E-state index is 12.1. The highest BCUT2D eigenvalue weighted by atomic mass is 16.5. The number of benzene rings is 3. The molecule has 0 fully saturated rings. The standard InChI is InChI=1S/C26H23N3O3/c30-23-13-9-21(10-14-23)24-5-1-2-6-25(24)32-18-19-7-11-22(12-8-19)29-26(31)28-17-20-4-3-15-27-16-20/h1-16,30H,17-18H2,(H2,28,29,31). The SMILES string of the molecule is O=C(NCc1cccnc1)Nc1ccc(COc2ccccc2-c2ccc(O)cc2)cc1. The largest absolute Gasteiger partial charge is 0.508 e. The molecule has 3 N–H and O–H groups in total. The molecule has 0 saturated heterocycles. The lowest BCUT2D eigenvalue weighted by molar-refractivity contribution is 0.251. The summed E-state index contributed by atoms with van der Waals surface area (Å²) in [6.07, 6.45) is 3.41. The smallest absolute Gasteiger partial charge is 0.319 e. The van der Waals surface area contributed by atoms with E-state index >= 15 is 0 Å². The molecule has 0 bridgehead atoms. The summed E-state index contributed by atoms with van der Waals surface area (Å²) in [5.41, 5.74) is 4.53. The Morgan fingerprint density at radius 2 is 1.66 bits per heavy atom. The van der Waals surface area contributed by atoms with Crippen molar-refractivity contribution < 1.29 is 14.6 Å². The lowest BCUT2D eigenvalue weighted by atomic mass is 10.0. The number of aromatic nitrogens is 1. The van der Waals surface area contributed by atoms with E-state index in [-0.39, 0.29) is 11.8 Å². The van der Waals surface area contributed by atoms with Crippen LogP contribution in [-0.2, 0) is 13.2 Å². The Balaban J connectivity index is 1.33. The number of carbonyl (C=O) groups excluding carboxylic acids is 1. The molecule has 0 aliphatic heterocycles. The minimum atomic E-state index is -0.277. The number of amides is 2. The van der Waals surface area contributed by atoms with Gasteiger partial charge in [-0.05, 0) is 53.1 Å². The molecule has 32 heavy (non-hydrogen) atoms. The van der Waals surface area contributed by atoms with Crippen LogP contribution >= 0.6 is 0 Å². The number of urea groups is 1. The van der Waals surface area contributed by atoms with Crippen molar-refractivity contribution in [2.45, 2.75) is 13.2 Å². The van der Waals surface area contributed by atoms with Crippen molar-refractivity contribution in [3.63, 3.8) is 0 Å². The van der Waals surface area contributed by atoms with E-state index in [1.807, 2.05) is 72.8 Å². The number of nitrogens with zero attached hydrogens (tertiary/aromatic N) is 1. The van der Waals surface area contributed by atoms with Crippen molar-refractivity contribution in [3.05, 3.63) is 108 Å². The minimum absolute atomic E-state index is 0.228. The lowest BCUT2D eigenvalue weighted by Gasteiger charge is -2.12. The Hall–Kier alpha value is -4.32. The first-order chi connectivity index (χ1) is 15.7. The van der Waals surface area contributed by atoms with Gasteiger partial charge in [0, 0.05) is 30.2 Å². The molecule has 4 aromatic rings. The number of aromatic hydroxyl groups is 1. The van der Waals surface area contributed by atoms with Crippen molar-refractivity contribution in [3.8, 4) is 22.6 Å². The average molecular weight is 425 g/mol. The van der Waals surface area contributed by atoms with Crippen LogP contribution < -0.4 is 15.4 Å². The van der Waals surface area contributed by atoms with E-state index in [2.05, 4.69) is 15.6 Å². The van der Waals surface area contributed by atoms with E-state index in [0.29, 0.717) is 18.8 Å². The van der Waals surface area contributed by atoms with Crippen molar-refractivity contribution >= 4 is 11.7 Å². The highest BCUT2D eigenvalue weighted by Gasteiger charge is 2.07. The van der Waals surface area contributed by atoms with Crippen LogP contribution in [0.15, 0.2) is 97.3 Å². The fourth-order valence-electron chi connectivity index (χ4n) is 3.18. The van der Waals surface area contributed by atoms with Gasteiger partial charge in [0.2, 0.25) is 0 Å². The number of ether oxygens (including phenoxy) is 1. The quantitative estimate of drug-likeness (QED) is 0.372. The van der Waals surface area contributed by atoms with Gasteiger partial charge >= 0.3 is 6.03 Å². The number of phenols is 1. The molecule has 6 nitrogen and oxygen atoms in total. The third-order valence-corrected chi connectivity index (χ3v) is 4.85. The number of anilines is 1. The molecule has 1 heterocycles. The second kappa shape index (κ2) is 10.1. The molecule has 1 aromatic heterocycles. The zero-order valence-electron chi connectivity index (χ0n) is 17.4. The van der Waals surface area contributed by atoms with Crippen LogP contribution in [0.3, 0.4) is 0 Å². The number of para-hydroxylation sites is 1. The highest BCUT2D eigenvalue weighted by Crippen LogP contribution is 2.31. The normalized spacial score (nSPS) is 10.4. The van der Waals surface area contributed by atoms with Crippen LogP contribution in [0.5, 0.6) is 11.5 Å². The van der Waals surface area contributed by atoms with Gasteiger partial charge in [-0.1, -0.05) is 48.5 Å². The van der Waals surface area contributed by atoms with Crippen LogP contribution in [0.2, 0.25) is 0 Å². The van der Waals surface area contributed by atoms with Crippen LogP contribution in [0.1, 0.15) is 11.1 Å². The molecular weight excluding hydrogens is 402 g/mol. The number of phenolic OH excluding ortho intramolecular Hbond substituents is 1. The van der Waals surface area contributed by atoms with E-state index in [1.54, 1.807) is 24.5 Å². The third-order valence-electron chi connectivity index (χ3n) is 4.85. The number of nitrogens with one attached hydrogen (secondary N) is 2. The zero-order chi connectivity index (χ0) is 22.2. The van der Waals surface area contributed by atoms with Gasteiger partial charge in [0.1, 0.15) is 18.1 Å². The summed E-state index contributed by atoms with van der Waals surface area (Å²) >= 11 is 0. The third kappa shape index (κ3) is 5.64. The first-order valence-electron chi connectivity index (χ1n) is 10.2. The topological polar surface area (TPSA) is 83.5 Å². The van der Waals surface area contributed by atoms with Crippen LogP contribution in [0.25, 0.3) is 11.1 Å². The van der Waals surface area contributed by atoms with Gasteiger partial charge in [0.05, 0.1) is 0 Å². The maximum atomic E-state index is 12.1. The summed E-state index contributed by atoms with van der Waals surface area (Å²) in [6, 6.07) is 25.8. The molecule has 2 amide bonds. The van der Waals surface area contributed by atoms with Gasteiger partial charge < -0.3 is 20.5 Å². The van der Waals surface area contributed by atoms with Crippen LogP contribution in [-0.4, -0.2) is 16.1 Å². The minimum Gasteiger partial charge on any atom is -0.508 e. The fraction of sp³-hybridized carbons (Fsp3) is 0.0769. The molecule has 3 aromatic carbocycles. The number of rotatable bonds is 7. The molecule has 0 atom stereocenters. The van der Waals surface area contributed by atoms with E-state index < -0.39 is 0 Å². The average Bonchev–Trinajstić information content (AvgIpc) is 2.84. The predicted octanol–water partition coefficient (Wildman–Crippen LogP) is 5.35.